The summed E-state index contributed by atoms with van der Waals surface area (Å²) < 4.78 is 34.4. The van der Waals surface area contributed by atoms with Crippen LogP contribution in [-0.2, 0) is 33.2 Å². The quantitative estimate of drug-likeness (QED) is 0.0199. The van der Waals surface area contributed by atoms with Gasteiger partial charge in [-0.2, -0.15) is 0 Å². The molecule has 0 aromatic carbocycles. The molecule has 0 aromatic rings. The smallest absolute Gasteiger partial charge is 0.220 e. The van der Waals surface area contributed by atoms with Crippen LogP contribution in [0.15, 0.2) is 122 Å². The molecule has 0 aliphatic carbocycles. The minimum absolute atomic E-state index is 0.226. The van der Waals surface area contributed by atoms with E-state index in [0.29, 0.717) is 12.8 Å². The van der Waals surface area contributed by atoms with E-state index in [2.05, 4.69) is 129 Å². The second kappa shape index (κ2) is 65.9. The lowest BCUT2D eigenvalue weighted by atomic mass is 9.96. The minimum atomic E-state index is -1.99. The molecule has 3 aliphatic heterocycles. The Morgan fingerprint density at radius 1 is 0.349 bits per heavy atom. The molecule has 17 atom stereocenters. The molecule has 3 saturated heterocycles. The lowest BCUT2D eigenvalue weighted by molar-refractivity contribution is -0.379. The Morgan fingerprint density at radius 3 is 1.06 bits per heavy atom. The van der Waals surface area contributed by atoms with Gasteiger partial charge < -0.3 is 89.9 Å². The fourth-order valence-corrected chi connectivity index (χ4v) is 13.3. The van der Waals surface area contributed by atoms with E-state index in [4.69, 9.17) is 28.4 Å². The normalized spacial score (nSPS) is 26.3. The summed E-state index contributed by atoms with van der Waals surface area (Å²) in [5.74, 6) is -0.290. The average Bonchev–Trinajstić information content (AvgIpc) is 0.780. The van der Waals surface area contributed by atoms with Gasteiger partial charge in [0, 0.05) is 6.42 Å². The minimum Gasteiger partial charge on any atom is -0.394 e. The van der Waals surface area contributed by atoms with Gasteiger partial charge in [0.2, 0.25) is 5.91 Å². The fourth-order valence-electron chi connectivity index (χ4n) is 13.3. The van der Waals surface area contributed by atoms with E-state index < -0.39 is 124 Å². The summed E-state index contributed by atoms with van der Waals surface area (Å²) >= 11 is 0. The summed E-state index contributed by atoms with van der Waals surface area (Å²) in [6.45, 7) is 1.62. The van der Waals surface area contributed by atoms with Gasteiger partial charge in [0.05, 0.1) is 38.6 Å². The molecule has 19 heteroatoms. The van der Waals surface area contributed by atoms with Gasteiger partial charge in [0.25, 0.3) is 0 Å². The number of unbranched alkanes of at least 4 members (excludes halogenated alkanes) is 31. The maximum Gasteiger partial charge on any atom is 0.220 e. The third-order valence-corrected chi connectivity index (χ3v) is 20.0. The molecule has 0 saturated carbocycles. The van der Waals surface area contributed by atoms with Crippen molar-refractivity contribution in [2.24, 2.45) is 0 Å². The van der Waals surface area contributed by atoms with Crippen LogP contribution in [0.25, 0.3) is 0 Å². The predicted octanol–water partition coefficient (Wildman–Crippen LogP) is 14.7. The third-order valence-electron chi connectivity index (χ3n) is 20.0. The first-order chi connectivity index (χ1) is 51.8. The number of carbonyl (C=O) groups excluding carboxylic acids is 1. The zero-order valence-corrected chi connectivity index (χ0v) is 65.4. The molecule has 3 heterocycles. The van der Waals surface area contributed by atoms with Crippen molar-refractivity contribution in [3.8, 4) is 0 Å². The average molecular weight is 1500 g/mol. The molecule has 0 radical (unpaired) electrons. The van der Waals surface area contributed by atoms with Gasteiger partial charge in [0.15, 0.2) is 18.9 Å². The summed E-state index contributed by atoms with van der Waals surface area (Å²) in [7, 11) is 0. The molecule has 3 rings (SSSR count). The van der Waals surface area contributed by atoms with E-state index in [9.17, 15) is 61.0 Å². The molecule has 106 heavy (non-hydrogen) atoms. The number of carbonyl (C=O) groups is 1. The topological polar surface area (TPSA) is 307 Å². The van der Waals surface area contributed by atoms with Gasteiger partial charge >= 0.3 is 0 Å². The van der Waals surface area contributed by atoms with Crippen molar-refractivity contribution >= 4 is 5.91 Å². The largest absolute Gasteiger partial charge is 0.394 e. The molecule has 0 spiro atoms. The molecule has 610 valence electrons. The second-order valence-corrected chi connectivity index (χ2v) is 29.2. The zero-order valence-electron chi connectivity index (χ0n) is 65.4. The summed E-state index contributed by atoms with van der Waals surface area (Å²) in [5, 5.41) is 121. The van der Waals surface area contributed by atoms with Gasteiger partial charge in [-0.15, -0.1) is 0 Å². The van der Waals surface area contributed by atoms with Crippen molar-refractivity contribution in [1.82, 2.24) is 5.32 Å². The monoisotopic (exact) mass is 1500 g/mol. The van der Waals surface area contributed by atoms with E-state index in [0.717, 1.165) is 103 Å². The van der Waals surface area contributed by atoms with Crippen LogP contribution in [0, 0.1) is 0 Å². The van der Waals surface area contributed by atoms with Crippen LogP contribution in [0.1, 0.15) is 290 Å². The number of allylic oxidation sites excluding steroid dienone is 19. The molecular formula is C87H149NO18. The number of hydrogen-bond acceptors (Lipinski definition) is 18. The van der Waals surface area contributed by atoms with Crippen molar-refractivity contribution in [1.29, 1.82) is 0 Å². The lowest BCUT2D eigenvalue weighted by Crippen LogP contribution is -2.66. The summed E-state index contributed by atoms with van der Waals surface area (Å²) in [6, 6.07) is -1.00. The highest BCUT2D eigenvalue weighted by Crippen LogP contribution is 2.33. The molecule has 19 nitrogen and oxygen atoms in total. The highest BCUT2D eigenvalue weighted by Gasteiger charge is 2.54. The first-order valence-electron chi connectivity index (χ1n) is 41.8. The summed E-state index contributed by atoms with van der Waals surface area (Å²) in [6.07, 6.45) is 66.1. The number of rotatable bonds is 65. The molecule has 3 fully saturated rings. The van der Waals surface area contributed by atoms with Crippen molar-refractivity contribution in [3.63, 3.8) is 0 Å². The maximum absolute atomic E-state index is 13.5. The van der Waals surface area contributed by atoms with Crippen LogP contribution in [-0.4, -0.2) is 193 Å². The molecule has 0 aromatic heterocycles. The predicted molar refractivity (Wildman–Crippen MR) is 424 cm³/mol. The van der Waals surface area contributed by atoms with Crippen LogP contribution in [0.4, 0.5) is 0 Å². The van der Waals surface area contributed by atoms with E-state index >= 15 is 0 Å². The fraction of sp³-hybridized carbons (Fsp3) is 0.759. The van der Waals surface area contributed by atoms with E-state index in [-0.39, 0.29) is 18.9 Å². The van der Waals surface area contributed by atoms with E-state index in [1.165, 1.54) is 154 Å². The van der Waals surface area contributed by atoms with Gasteiger partial charge in [-0.25, -0.2) is 0 Å². The Bertz CT molecular complexity index is 2390. The van der Waals surface area contributed by atoms with Crippen LogP contribution < -0.4 is 5.32 Å². The highest BCUT2D eigenvalue weighted by molar-refractivity contribution is 5.76. The number of amides is 1. The first kappa shape index (κ1) is 96.4. The number of hydrogen-bond donors (Lipinski definition) is 12. The Balaban J connectivity index is 1.36. The van der Waals surface area contributed by atoms with Crippen molar-refractivity contribution in [2.45, 2.75) is 394 Å². The number of ether oxygens (including phenoxy) is 6. The standard InChI is InChI=1S/C87H149NO18/c1-3-5-7-9-11-13-15-17-19-21-23-25-27-29-30-31-32-33-34-35-36-37-38-39-40-41-43-45-47-49-51-53-55-57-59-61-63-65-75(93)88-70(71(92)64-62-60-58-56-54-52-50-48-46-44-42-28-26-24-22-20-18-16-14-12-10-8-6-4-2)69-101-85-81(99)78(96)83(73(67-90)103-85)106-87-82(100)79(97)84(74(68-91)104-87)105-86-80(98)77(95)76(94)72(66-89)102-86/h5,7,11,13,17,19,23,25,29-30,32-33,35-36,38-39,54,56,62,64,70-74,76-87,89-92,94-100H,3-4,6,8-10,12,14-16,18,20-22,24,26-28,31,34,37,40-53,55,57-61,63,65-69H2,1-2H3,(H,88,93)/b7-5-,13-11-,19-17-,25-23-,30-29-,33-32-,36-35-,39-38-,56-54+,64-62+. The zero-order chi connectivity index (χ0) is 76.7. The molecule has 1 amide bonds. The van der Waals surface area contributed by atoms with Gasteiger partial charge in [-0.3, -0.25) is 4.79 Å². The lowest BCUT2D eigenvalue weighted by Gasteiger charge is -2.48. The number of aliphatic hydroxyl groups excluding tert-OH is 11. The van der Waals surface area contributed by atoms with Gasteiger partial charge in [-0.1, -0.05) is 309 Å². The Morgan fingerprint density at radius 2 is 0.660 bits per heavy atom. The van der Waals surface area contributed by atoms with Crippen LogP contribution in [0.5, 0.6) is 0 Å². The Labute approximate surface area is 639 Å². The number of nitrogens with one attached hydrogen (secondary N) is 1. The number of aliphatic hydroxyl groups is 11. The third kappa shape index (κ3) is 44.9. The Kier molecular flexibility index (Phi) is 59.9. The van der Waals surface area contributed by atoms with Gasteiger partial charge in [0.1, 0.15) is 73.2 Å². The van der Waals surface area contributed by atoms with E-state index in [1.54, 1.807) is 6.08 Å². The van der Waals surface area contributed by atoms with Crippen molar-refractivity contribution < 1.29 is 89.4 Å². The highest BCUT2D eigenvalue weighted by atomic mass is 16.8. The molecule has 3 aliphatic rings. The summed E-state index contributed by atoms with van der Waals surface area (Å²) in [4.78, 5) is 13.5. The second-order valence-electron chi connectivity index (χ2n) is 29.2. The van der Waals surface area contributed by atoms with E-state index in [1.807, 2.05) is 6.08 Å². The van der Waals surface area contributed by atoms with Crippen molar-refractivity contribution in [2.75, 3.05) is 26.4 Å². The molecular weight excluding hydrogens is 1350 g/mol. The van der Waals surface area contributed by atoms with Crippen LogP contribution >= 0.6 is 0 Å². The van der Waals surface area contributed by atoms with Gasteiger partial charge in [-0.05, 0) is 96.3 Å². The molecule has 12 N–H and O–H groups in total. The summed E-state index contributed by atoms with van der Waals surface area (Å²) in [5.41, 5.74) is 0. The molecule has 0 bridgehead atoms. The van der Waals surface area contributed by atoms with Crippen molar-refractivity contribution in [3.05, 3.63) is 122 Å². The van der Waals surface area contributed by atoms with Crippen LogP contribution in [0.3, 0.4) is 0 Å². The Hall–Kier alpha value is -3.81. The van der Waals surface area contributed by atoms with Crippen LogP contribution in [0.2, 0.25) is 0 Å². The molecule has 17 unspecified atom stereocenters. The maximum atomic E-state index is 13.5. The first-order valence-corrected chi connectivity index (χ1v) is 41.8. The SMILES string of the molecule is CC/C=C\C/C=C\C/C=C\C/C=C\C/C=C\C/C=C\C/C=C\C/C=C\CCCCCCCCCCCCCCC(=O)NC(COC1OC(CO)C(OC2OC(CO)C(OC3OC(CO)C(O)C(O)C3O)C(O)C2O)C(O)C1O)C(O)/C=C/CC/C=C/CCCCCCCCCCCCCCCCCCCC.